The van der Waals surface area contributed by atoms with Crippen molar-refractivity contribution in [1.82, 2.24) is 19.8 Å². The first-order chi connectivity index (χ1) is 10.7. The quantitative estimate of drug-likeness (QED) is 0.839. The Labute approximate surface area is 132 Å². The fourth-order valence-electron chi connectivity index (χ4n) is 3.15. The van der Waals surface area contributed by atoms with E-state index >= 15 is 0 Å². The minimum atomic E-state index is 0.0432. The minimum absolute atomic E-state index is 0.0432. The molecule has 120 valence electrons. The highest BCUT2D eigenvalue weighted by Crippen LogP contribution is 2.17. The van der Waals surface area contributed by atoms with Crippen LogP contribution < -0.4 is 4.90 Å². The normalized spacial score (nSPS) is 19.7. The molecule has 2 aliphatic heterocycles. The van der Waals surface area contributed by atoms with Crippen molar-refractivity contribution in [3.8, 4) is 0 Å². The van der Waals surface area contributed by atoms with Crippen LogP contribution in [0.4, 0.5) is 5.95 Å². The molecule has 2 saturated heterocycles. The number of carbonyl (C=O) groups excluding carboxylic acids is 1. The van der Waals surface area contributed by atoms with E-state index in [1.54, 1.807) is 0 Å². The lowest BCUT2D eigenvalue weighted by Crippen LogP contribution is -2.48. The smallest absolute Gasteiger partial charge is 0.272 e. The highest BCUT2D eigenvalue weighted by Gasteiger charge is 2.24. The molecule has 6 nitrogen and oxygen atoms in total. The minimum Gasteiger partial charge on any atom is -0.341 e. The van der Waals surface area contributed by atoms with Gasteiger partial charge in [0.2, 0.25) is 5.95 Å². The van der Waals surface area contributed by atoms with Gasteiger partial charge in [-0.15, -0.1) is 0 Å². The predicted molar refractivity (Wildman–Crippen MR) is 86.2 cm³/mol. The average Bonchev–Trinajstić information content (AvgIpc) is 3.08. The summed E-state index contributed by atoms with van der Waals surface area (Å²) in [7, 11) is 0. The van der Waals surface area contributed by atoms with Crippen LogP contribution in [0.5, 0.6) is 0 Å². The summed E-state index contributed by atoms with van der Waals surface area (Å²) in [6.45, 7) is 10.6. The molecule has 0 bridgehead atoms. The SMILES string of the molecule is CCN1CCN(C(=O)c2cc(C)nc(N3CCCC3)n2)CC1. The fraction of sp³-hybridized carbons (Fsp3) is 0.688. The second-order valence-electron chi connectivity index (χ2n) is 6.12. The standard InChI is InChI=1S/C16H25N5O/c1-3-19-8-10-20(11-9-19)15(22)14-12-13(2)17-16(18-14)21-6-4-5-7-21/h12H,3-11H2,1-2H3. The van der Waals surface area contributed by atoms with E-state index in [0.717, 1.165) is 51.5 Å². The van der Waals surface area contributed by atoms with Gasteiger partial charge in [0, 0.05) is 45.0 Å². The molecule has 0 aliphatic carbocycles. The predicted octanol–water partition coefficient (Wildman–Crippen LogP) is 1.16. The van der Waals surface area contributed by atoms with Crippen LogP contribution in [0.15, 0.2) is 6.07 Å². The Morgan fingerprint density at radius 1 is 1.09 bits per heavy atom. The molecule has 1 amide bonds. The van der Waals surface area contributed by atoms with Crippen molar-refractivity contribution in [3.63, 3.8) is 0 Å². The monoisotopic (exact) mass is 303 g/mol. The van der Waals surface area contributed by atoms with Gasteiger partial charge in [0.1, 0.15) is 5.69 Å². The van der Waals surface area contributed by atoms with Gasteiger partial charge in [-0.3, -0.25) is 4.79 Å². The molecule has 0 aromatic carbocycles. The van der Waals surface area contributed by atoms with Gasteiger partial charge >= 0.3 is 0 Å². The number of aryl methyl sites for hydroxylation is 1. The Balaban J connectivity index is 1.74. The number of anilines is 1. The highest BCUT2D eigenvalue weighted by atomic mass is 16.2. The summed E-state index contributed by atoms with van der Waals surface area (Å²) in [5.74, 6) is 0.759. The molecule has 6 heteroatoms. The lowest BCUT2D eigenvalue weighted by molar-refractivity contribution is 0.0637. The van der Waals surface area contributed by atoms with Crippen LogP contribution >= 0.6 is 0 Å². The van der Waals surface area contributed by atoms with Crippen LogP contribution in [0.25, 0.3) is 0 Å². The lowest BCUT2D eigenvalue weighted by Gasteiger charge is -2.34. The summed E-state index contributed by atoms with van der Waals surface area (Å²) in [6, 6.07) is 1.81. The van der Waals surface area contributed by atoms with Crippen LogP contribution in [-0.4, -0.2) is 71.5 Å². The van der Waals surface area contributed by atoms with Gasteiger partial charge in [-0.1, -0.05) is 6.92 Å². The number of aromatic nitrogens is 2. The van der Waals surface area contributed by atoms with Crippen LogP contribution in [0, 0.1) is 6.92 Å². The van der Waals surface area contributed by atoms with E-state index in [1.807, 2.05) is 17.9 Å². The molecule has 22 heavy (non-hydrogen) atoms. The number of carbonyl (C=O) groups is 1. The molecule has 0 N–H and O–H groups in total. The first kappa shape index (κ1) is 15.2. The number of amides is 1. The van der Waals surface area contributed by atoms with Crippen molar-refractivity contribution in [2.75, 3.05) is 50.7 Å². The van der Waals surface area contributed by atoms with Gasteiger partial charge in [-0.25, -0.2) is 9.97 Å². The summed E-state index contributed by atoms with van der Waals surface area (Å²) in [4.78, 5) is 28.2. The maximum absolute atomic E-state index is 12.7. The number of likely N-dealkylation sites (N-methyl/N-ethyl adjacent to an activating group) is 1. The van der Waals surface area contributed by atoms with Gasteiger partial charge < -0.3 is 14.7 Å². The van der Waals surface area contributed by atoms with Crippen molar-refractivity contribution in [3.05, 3.63) is 17.5 Å². The highest BCUT2D eigenvalue weighted by molar-refractivity contribution is 5.92. The Bertz CT molecular complexity index is 533. The van der Waals surface area contributed by atoms with Crippen molar-refractivity contribution < 1.29 is 4.79 Å². The van der Waals surface area contributed by atoms with Crippen LogP contribution in [0.1, 0.15) is 35.9 Å². The third-order valence-electron chi connectivity index (χ3n) is 4.56. The van der Waals surface area contributed by atoms with E-state index in [9.17, 15) is 4.79 Å². The van der Waals surface area contributed by atoms with Gasteiger partial charge in [-0.05, 0) is 32.4 Å². The molecule has 0 radical (unpaired) electrons. The van der Waals surface area contributed by atoms with Gasteiger partial charge in [-0.2, -0.15) is 0 Å². The lowest BCUT2D eigenvalue weighted by atomic mass is 10.2. The second kappa shape index (κ2) is 6.60. The Kier molecular flexibility index (Phi) is 4.57. The van der Waals surface area contributed by atoms with Gasteiger partial charge in [0.15, 0.2) is 0 Å². The molecule has 2 fully saturated rings. The number of rotatable bonds is 3. The third kappa shape index (κ3) is 3.21. The first-order valence-electron chi connectivity index (χ1n) is 8.29. The summed E-state index contributed by atoms with van der Waals surface area (Å²) in [5.41, 5.74) is 1.41. The fourth-order valence-corrected chi connectivity index (χ4v) is 3.15. The molecule has 2 aliphatic rings. The zero-order valence-corrected chi connectivity index (χ0v) is 13.6. The zero-order valence-electron chi connectivity index (χ0n) is 13.6. The van der Waals surface area contributed by atoms with E-state index in [2.05, 4.69) is 26.7 Å². The molecule has 1 aromatic rings. The maximum Gasteiger partial charge on any atom is 0.272 e. The number of hydrogen-bond acceptors (Lipinski definition) is 5. The molecule has 3 rings (SSSR count). The van der Waals surface area contributed by atoms with Crippen molar-refractivity contribution in [2.45, 2.75) is 26.7 Å². The summed E-state index contributed by atoms with van der Waals surface area (Å²) >= 11 is 0. The Morgan fingerprint density at radius 3 is 2.41 bits per heavy atom. The topological polar surface area (TPSA) is 52.6 Å². The van der Waals surface area contributed by atoms with E-state index in [1.165, 1.54) is 12.8 Å². The van der Waals surface area contributed by atoms with Gasteiger partial charge in [0.05, 0.1) is 0 Å². The summed E-state index contributed by atoms with van der Waals surface area (Å²) in [6.07, 6.45) is 2.36. The number of piperazine rings is 1. The molecular formula is C16H25N5O. The van der Waals surface area contributed by atoms with Crippen molar-refractivity contribution in [1.29, 1.82) is 0 Å². The van der Waals surface area contributed by atoms with E-state index in [4.69, 9.17) is 0 Å². The largest absolute Gasteiger partial charge is 0.341 e. The Hall–Kier alpha value is -1.69. The summed E-state index contributed by atoms with van der Waals surface area (Å²) in [5, 5.41) is 0. The molecule has 0 saturated carbocycles. The second-order valence-corrected chi connectivity index (χ2v) is 6.12. The third-order valence-corrected chi connectivity index (χ3v) is 4.56. The molecule has 0 atom stereocenters. The molecule has 0 unspecified atom stereocenters. The van der Waals surface area contributed by atoms with Crippen molar-refractivity contribution >= 4 is 11.9 Å². The summed E-state index contributed by atoms with van der Waals surface area (Å²) < 4.78 is 0. The number of nitrogens with zero attached hydrogens (tertiary/aromatic N) is 5. The van der Waals surface area contributed by atoms with E-state index < -0.39 is 0 Å². The first-order valence-corrected chi connectivity index (χ1v) is 8.29. The Morgan fingerprint density at radius 2 is 1.77 bits per heavy atom. The molecule has 3 heterocycles. The van der Waals surface area contributed by atoms with Crippen molar-refractivity contribution in [2.24, 2.45) is 0 Å². The van der Waals surface area contributed by atoms with E-state index in [0.29, 0.717) is 11.6 Å². The molecular weight excluding hydrogens is 278 g/mol. The maximum atomic E-state index is 12.7. The zero-order chi connectivity index (χ0) is 15.5. The van der Waals surface area contributed by atoms with Crippen LogP contribution in [0.2, 0.25) is 0 Å². The van der Waals surface area contributed by atoms with Crippen LogP contribution in [0.3, 0.4) is 0 Å². The average molecular weight is 303 g/mol. The molecule has 1 aromatic heterocycles. The van der Waals surface area contributed by atoms with Gasteiger partial charge in [0.25, 0.3) is 5.91 Å². The number of hydrogen-bond donors (Lipinski definition) is 0. The molecule has 0 spiro atoms. The van der Waals surface area contributed by atoms with E-state index in [-0.39, 0.29) is 5.91 Å². The van der Waals surface area contributed by atoms with Crippen LogP contribution in [-0.2, 0) is 0 Å².